The van der Waals surface area contributed by atoms with E-state index in [1.165, 1.54) is 5.56 Å². The molecule has 0 radical (unpaired) electrons. The number of carbonyl (C=O) groups excluding carboxylic acids is 1. The van der Waals surface area contributed by atoms with E-state index in [0.717, 1.165) is 18.1 Å². The second-order valence-corrected chi connectivity index (χ2v) is 6.90. The van der Waals surface area contributed by atoms with E-state index in [-0.39, 0.29) is 18.0 Å². The van der Waals surface area contributed by atoms with E-state index in [0.29, 0.717) is 12.2 Å². The second kappa shape index (κ2) is 7.66. The molecule has 0 spiro atoms. The molecule has 1 aromatic carbocycles. The molecule has 5 nitrogen and oxygen atoms in total. The highest BCUT2D eigenvalue weighted by molar-refractivity contribution is 7.99. The van der Waals surface area contributed by atoms with Crippen molar-refractivity contribution in [3.63, 3.8) is 0 Å². The van der Waals surface area contributed by atoms with Gasteiger partial charge in [-0.05, 0) is 12.5 Å². The third-order valence-electron chi connectivity index (χ3n) is 3.98. The van der Waals surface area contributed by atoms with E-state index in [9.17, 15) is 4.79 Å². The molecule has 2 aromatic rings. The number of hydrogen-bond donors (Lipinski definition) is 2. The lowest BCUT2D eigenvalue weighted by atomic mass is 10.1. The minimum absolute atomic E-state index is 0.0163. The molecule has 2 atom stereocenters. The standard InChI is InChI=1S/C17H22N4OS/c1-13(14-5-3-2-4-6-14)21-9-7-16(20-21)19-17(22)11-15-12-23-10-8-18-15/h2-7,9,13,15,18H,8,10-12H2,1H3,(H,19,20,22)/t13-,15+/m1/s1. The van der Waals surface area contributed by atoms with Crippen LogP contribution in [-0.2, 0) is 4.79 Å². The number of hydrogen-bond acceptors (Lipinski definition) is 4. The molecule has 3 rings (SSSR count). The Balaban J connectivity index is 1.57. The van der Waals surface area contributed by atoms with Crippen LogP contribution in [-0.4, -0.2) is 39.8 Å². The van der Waals surface area contributed by atoms with Crippen molar-refractivity contribution < 1.29 is 4.79 Å². The molecule has 0 saturated carbocycles. The predicted octanol–water partition coefficient (Wildman–Crippen LogP) is 2.53. The van der Waals surface area contributed by atoms with Crippen molar-refractivity contribution in [3.8, 4) is 0 Å². The largest absolute Gasteiger partial charge is 0.312 e. The molecule has 1 aliphatic heterocycles. The predicted molar refractivity (Wildman–Crippen MR) is 94.8 cm³/mol. The highest BCUT2D eigenvalue weighted by Gasteiger charge is 2.17. The van der Waals surface area contributed by atoms with Gasteiger partial charge in [0.05, 0.1) is 6.04 Å². The smallest absolute Gasteiger partial charge is 0.227 e. The van der Waals surface area contributed by atoms with Crippen LogP contribution in [0, 0.1) is 0 Å². The van der Waals surface area contributed by atoms with Crippen molar-refractivity contribution in [1.82, 2.24) is 15.1 Å². The number of thioether (sulfide) groups is 1. The van der Waals surface area contributed by atoms with Gasteiger partial charge in [0.1, 0.15) is 0 Å². The summed E-state index contributed by atoms with van der Waals surface area (Å²) in [5.41, 5.74) is 1.19. The molecule has 0 unspecified atom stereocenters. The Hall–Kier alpha value is -1.79. The van der Waals surface area contributed by atoms with E-state index in [2.05, 4.69) is 34.8 Å². The Morgan fingerprint density at radius 1 is 1.43 bits per heavy atom. The van der Waals surface area contributed by atoms with Crippen LogP contribution in [0.1, 0.15) is 24.9 Å². The summed E-state index contributed by atoms with van der Waals surface area (Å²) >= 11 is 1.89. The quantitative estimate of drug-likeness (QED) is 0.884. The molecular weight excluding hydrogens is 308 g/mol. The fourth-order valence-electron chi connectivity index (χ4n) is 2.67. The van der Waals surface area contributed by atoms with Gasteiger partial charge in [0, 0.05) is 42.8 Å². The van der Waals surface area contributed by atoms with E-state index in [4.69, 9.17) is 0 Å². The Morgan fingerprint density at radius 3 is 3.00 bits per heavy atom. The van der Waals surface area contributed by atoms with Gasteiger partial charge >= 0.3 is 0 Å². The first-order valence-electron chi connectivity index (χ1n) is 7.93. The van der Waals surface area contributed by atoms with Crippen molar-refractivity contribution in [2.45, 2.75) is 25.4 Å². The molecule has 1 amide bonds. The fourth-order valence-corrected chi connectivity index (χ4v) is 3.62. The molecule has 1 fully saturated rings. The maximum atomic E-state index is 12.1. The molecule has 122 valence electrons. The van der Waals surface area contributed by atoms with Crippen LogP contribution in [0.15, 0.2) is 42.6 Å². The molecule has 1 aliphatic rings. The number of rotatable bonds is 5. The molecule has 0 bridgehead atoms. The lowest BCUT2D eigenvalue weighted by Gasteiger charge is -2.22. The maximum Gasteiger partial charge on any atom is 0.227 e. The Bertz CT molecular complexity index is 637. The van der Waals surface area contributed by atoms with Crippen LogP contribution in [0.4, 0.5) is 5.82 Å². The third-order valence-corrected chi connectivity index (χ3v) is 5.12. The molecule has 2 heterocycles. The number of nitrogens with zero attached hydrogens (tertiary/aromatic N) is 2. The minimum Gasteiger partial charge on any atom is -0.312 e. The number of carbonyl (C=O) groups is 1. The van der Waals surface area contributed by atoms with Crippen molar-refractivity contribution in [1.29, 1.82) is 0 Å². The summed E-state index contributed by atoms with van der Waals surface area (Å²) in [5, 5.41) is 10.7. The Labute approximate surface area is 140 Å². The lowest BCUT2D eigenvalue weighted by molar-refractivity contribution is -0.116. The lowest BCUT2D eigenvalue weighted by Crippen LogP contribution is -2.39. The molecular formula is C17H22N4OS. The van der Waals surface area contributed by atoms with Gasteiger partial charge in [-0.15, -0.1) is 0 Å². The van der Waals surface area contributed by atoms with Gasteiger partial charge in [-0.2, -0.15) is 16.9 Å². The summed E-state index contributed by atoms with van der Waals surface area (Å²) in [4.78, 5) is 12.1. The summed E-state index contributed by atoms with van der Waals surface area (Å²) in [6.07, 6.45) is 2.40. The summed E-state index contributed by atoms with van der Waals surface area (Å²) in [7, 11) is 0. The van der Waals surface area contributed by atoms with Crippen molar-refractivity contribution in [2.75, 3.05) is 23.4 Å². The van der Waals surface area contributed by atoms with Crippen LogP contribution >= 0.6 is 11.8 Å². The van der Waals surface area contributed by atoms with Crippen molar-refractivity contribution in [3.05, 3.63) is 48.2 Å². The third kappa shape index (κ3) is 4.36. The average Bonchev–Trinajstić information content (AvgIpc) is 3.04. The normalized spacial score (nSPS) is 19.3. The van der Waals surface area contributed by atoms with Crippen LogP contribution in [0.25, 0.3) is 0 Å². The highest BCUT2D eigenvalue weighted by Crippen LogP contribution is 2.18. The Morgan fingerprint density at radius 2 is 2.26 bits per heavy atom. The van der Waals surface area contributed by atoms with Gasteiger partial charge in [-0.1, -0.05) is 30.3 Å². The highest BCUT2D eigenvalue weighted by atomic mass is 32.2. The van der Waals surface area contributed by atoms with E-state index in [1.54, 1.807) is 0 Å². The van der Waals surface area contributed by atoms with Gasteiger partial charge in [-0.25, -0.2) is 0 Å². The monoisotopic (exact) mass is 330 g/mol. The zero-order chi connectivity index (χ0) is 16.1. The number of nitrogens with one attached hydrogen (secondary N) is 2. The molecule has 1 saturated heterocycles. The minimum atomic E-state index is 0.0163. The molecule has 6 heteroatoms. The van der Waals surface area contributed by atoms with Crippen molar-refractivity contribution >= 4 is 23.5 Å². The van der Waals surface area contributed by atoms with Gasteiger partial charge in [0.15, 0.2) is 5.82 Å². The van der Waals surface area contributed by atoms with Crippen molar-refractivity contribution in [2.24, 2.45) is 0 Å². The average molecular weight is 330 g/mol. The summed E-state index contributed by atoms with van der Waals surface area (Å²) in [6.45, 7) is 3.07. The summed E-state index contributed by atoms with van der Waals surface area (Å²) < 4.78 is 1.87. The number of benzene rings is 1. The topological polar surface area (TPSA) is 59.0 Å². The van der Waals surface area contributed by atoms with Crippen LogP contribution in [0.3, 0.4) is 0 Å². The van der Waals surface area contributed by atoms with E-state index < -0.39 is 0 Å². The molecule has 2 N–H and O–H groups in total. The fraction of sp³-hybridized carbons (Fsp3) is 0.412. The van der Waals surface area contributed by atoms with Crippen LogP contribution in [0.5, 0.6) is 0 Å². The summed E-state index contributed by atoms with van der Waals surface area (Å²) in [6, 6.07) is 12.5. The van der Waals surface area contributed by atoms with Gasteiger partial charge in [0.2, 0.25) is 5.91 Å². The molecule has 23 heavy (non-hydrogen) atoms. The maximum absolute atomic E-state index is 12.1. The SMILES string of the molecule is C[C@H](c1ccccc1)n1ccc(NC(=O)C[C@H]2CSCCN2)n1. The molecule has 1 aromatic heterocycles. The van der Waals surface area contributed by atoms with Crippen LogP contribution < -0.4 is 10.6 Å². The number of anilines is 1. The first kappa shape index (κ1) is 16.1. The van der Waals surface area contributed by atoms with Gasteiger partial charge in [-0.3, -0.25) is 9.48 Å². The zero-order valence-corrected chi connectivity index (χ0v) is 14.1. The van der Waals surface area contributed by atoms with Crippen LogP contribution in [0.2, 0.25) is 0 Å². The zero-order valence-electron chi connectivity index (χ0n) is 13.2. The van der Waals surface area contributed by atoms with E-state index >= 15 is 0 Å². The first-order valence-corrected chi connectivity index (χ1v) is 9.09. The number of aromatic nitrogens is 2. The molecule has 0 aliphatic carbocycles. The number of amides is 1. The van der Waals surface area contributed by atoms with E-state index in [1.807, 2.05) is 46.9 Å². The summed E-state index contributed by atoms with van der Waals surface area (Å²) in [5.74, 6) is 2.75. The van der Waals surface area contributed by atoms with Gasteiger partial charge < -0.3 is 10.6 Å². The van der Waals surface area contributed by atoms with Gasteiger partial charge in [0.25, 0.3) is 0 Å². The Kier molecular flexibility index (Phi) is 5.35. The second-order valence-electron chi connectivity index (χ2n) is 5.75. The first-order chi connectivity index (χ1) is 11.2.